The molecule has 266 valence electrons. The molecule has 0 radical (unpaired) electrons. The first-order valence-electron chi connectivity index (χ1n) is 19.7. The molecule has 0 unspecified atom stereocenters. The van der Waals surface area contributed by atoms with Crippen LogP contribution in [0.25, 0.3) is 44.5 Å². The van der Waals surface area contributed by atoms with Crippen LogP contribution >= 0.6 is 0 Å². The van der Waals surface area contributed by atoms with Crippen LogP contribution < -0.4 is 26.2 Å². The van der Waals surface area contributed by atoms with E-state index in [1.54, 1.807) is 0 Å². The Balaban J connectivity index is 1.23. The summed E-state index contributed by atoms with van der Waals surface area (Å²) in [5, 5.41) is 0. The van der Waals surface area contributed by atoms with Gasteiger partial charge in [-0.05, 0) is 86.2 Å². The molecule has 0 amide bonds. The third-order valence-electron chi connectivity index (χ3n) is 11.7. The summed E-state index contributed by atoms with van der Waals surface area (Å²) >= 11 is 0. The number of fused-ring (bicyclic) bond motifs is 4. The summed E-state index contributed by atoms with van der Waals surface area (Å²) in [6, 6.07) is 82.0. The predicted octanol–water partition coefficient (Wildman–Crippen LogP) is 12.4. The van der Waals surface area contributed by atoms with E-state index in [9.17, 15) is 0 Å². The lowest BCUT2D eigenvalue weighted by Crippen LogP contribution is -2.61. The highest BCUT2D eigenvalue weighted by molar-refractivity contribution is 7.00. The fraction of sp³-hybridized carbons (Fsp3) is 0. The smallest absolute Gasteiger partial charge is 0.252 e. The molecule has 0 bridgehead atoms. The fourth-order valence-electron chi connectivity index (χ4n) is 9.14. The van der Waals surface area contributed by atoms with E-state index in [-0.39, 0.29) is 6.71 Å². The summed E-state index contributed by atoms with van der Waals surface area (Å²) in [7, 11) is 0. The van der Waals surface area contributed by atoms with Crippen LogP contribution in [0.1, 0.15) is 0 Å². The van der Waals surface area contributed by atoms with E-state index in [2.05, 4.69) is 234 Å². The molecule has 0 saturated carbocycles. The monoisotopic (exact) mass is 724 g/mol. The molecule has 2 nitrogen and oxygen atoms in total. The molecule has 2 heterocycles. The Hall–Kier alpha value is -7.36. The minimum atomic E-state index is -0.00467. The molecular formula is C54H37BN2. The van der Waals surface area contributed by atoms with Gasteiger partial charge in [0.1, 0.15) is 0 Å². The number of para-hydroxylation sites is 2. The van der Waals surface area contributed by atoms with Gasteiger partial charge in [-0.25, -0.2) is 0 Å². The van der Waals surface area contributed by atoms with Crippen molar-refractivity contribution in [1.82, 2.24) is 0 Å². The van der Waals surface area contributed by atoms with Gasteiger partial charge in [0.25, 0.3) is 6.71 Å². The molecule has 3 heteroatoms. The highest BCUT2D eigenvalue weighted by Gasteiger charge is 2.44. The van der Waals surface area contributed by atoms with E-state index < -0.39 is 0 Å². The third-order valence-corrected chi connectivity index (χ3v) is 11.7. The molecule has 0 spiro atoms. The second kappa shape index (κ2) is 13.7. The van der Waals surface area contributed by atoms with E-state index in [1.807, 2.05) is 0 Å². The van der Waals surface area contributed by atoms with Gasteiger partial charge in [-0.15, -0.1) is 0 Å². The number of nitrogens with zero attached hydrogens (tertiary/aromatic N) is 2. The molecule has 0 aromatic heterocycles. The molecule has 2 aliphatic rings. The standard InChI is InChI=1S/C54H37BN2/c1-5-18-38(19-6-1)42-33-35-50-47(36-42)55-46-34-32-43(39-20-7-2-8-21-39)37-53(46)57(49-29-16-14-27-45(49)41-24-11-4-12-25-41)52-31-17-30-51(54(52)55)56(50)48-28-15-13-26-44(48)40-22-9-3-10-23-40/h1-37H. The van der Waals surface area contributed by atoms with Gasteiger partial charge in [-0.2, -0.15) is 0 Å². The van der Waals surface area contributed by atoms with Crippen molar-refractivity contribution in [2.75, 3.05) is 9.80 Å². The van der Waals surface area contributed by atoms with Crippen molar-refractivity contribution in [3.63, 3.8) is 0 Å². The number of hydrogen-bond acceptors (Lipinski definition) is 2. The van der Waals surface area contributed by atoms with Gasteiger partial charge in [-0.3, -0.25) is 0 Å². The summed E-state index contributed by atoms with van der Waals surface area (Å²) in [4.78, 5) is 5.05. The maximum absolute atomic E-state index is 2.53. The van der Waals surface area contributed by atoms with Crippen LogP contribution in [0.2, 0.25) is 0 Å². The minimum Gasteiger partial charge on any atom is -0.311 e. The van der Waals surface area contributed by atoms with Gasteiger partial charge in [0, 0.05) is 33.9 Å². The number of rotatable bonds is 6. The van der Waals surface area contributed by atoms with Crippen molar-refractivity contribution >= 4 is 57.2 Å². The lowest BCUT2D eigenvalue weighted by Gasteiger charge is -2.45. The lowest BCUT2D eigenvalue weighted by molar-refractivity contribution is 1.25. The van der Waals surface area contributed by atoms with E-state index in [1.165, 1.54) is 83.6 Å². The van der Waals surface area contributed by atoms with Crippen molar-refractivity contribution in [2.45, 2.75) is 0 Å². The second-order valence-electron chi connectivity index (χ2n) is 14.9. The van der Waals surface area contributed by atoms with Crippen molar-refractivity contribution in [3.05, 3.63) is 224 Å². The second-order valence-corrected chi connectivity index (χ2v) is 14.9. The normalized spacial score (nSPS) is 12.5. The quantitative estimate of drug-likeness (QED) is 0.158. The van der Waals surface area contributed by atoms with Crippen LogP contribution in [-0.2, 0) is 0 Å². The minimum absolute atomic E-state index is 0.00467. The molecular weight excluding hydrogens is 687 g/mol. The molecule has 9 aromatic rings. The van der Waals surface area contributed by atoms with Crippen molar-refractivity contribution in [3.8, 4) is 44.5 Å². The predicted molar refractivity (Wildman–Crippen MR) is 242 cm³/mol. The largest absolute Gasteiger partial charge is 0.311 e. The third kappa shape index (κ3) is 5.51. The average molecular weight is 725 g/mol. The average Bonchev–Trinajstić information content (AvgIpc) is 3.30. The lowest BCUT2D eigenvalue weighted by atomic mass is 9.33. The molecule has 0 N–H and O–H groups in total. The Morgan fingerprint density at radius 3 is 1.21 bits per heavy atom. The van der Waals surface area contributed by atoms with Gasteiger partial charge in [-0.1, -0.05) is 188 Å². The zero-order valence-electron chi connectivity index (χ0n) is 31.3. The topological polar surface area (TPSA) is 6.48 Å². The van der Waals surface area contributed by atoms with Gasteiger partial charge >= 0.3 is 0 Å². The molecule has 9 aromatic carbocycles. The van der Waals surface area contributed by atoms with Crippen molar-refractivity contribution in [2.24, 2.45) is 0 Å². The summed E-state index contributed by atoms with van der Waals surface area (Å²) < 4.78 is 0. The molecule has 0 atom stereocenters. The Bertz CT molecular complexity index is 2910. The highest BCUT2D eigenvalue weighted by atomic mass is 15.2. The number of anilines is 6. The first-order chi connectivity index (χ1) is 28.3. The molecule has 11 rings (SSSR count). The Labute approximate surface area is 334 Å². The van der Waals surface area contributed by atoms with Crippen LogP contribution in [-0.4, -0.2) is 6.71 Å². The molecule has 0 fully saturated rings. The van der Waals surface area contributed by atoms with Gasteiger partial charge < -0.3 is 9.80 Å². The Morgan fingerprint density at radius 2 is 0.667 bits per heavy atom. The maximum atomic E-state index is 2.53. The molecule has 0 saturated heterocycles. The zero-order chi connectivity index (χ0) is 37.7. The summed E-state index contributed by atoms with van der Waals surface area (Å²) in [5.41, 5.74) is 20.6. The Kier molecular flexibility index (Phi) is 7.96. The van der Waals surface area contributed by atoms with Crippen molar-refractivity contribution < 1.29 is 0 Å². The number of hydrogen-bond donors (Lipinski definition) is 0. The highest BCUT2D eigenvalue weighted by Crippen LogP contribution is 2.48. The first-order valence-corrected chi connectivity index (χ1v) is 19.7. The number of benzene rings is 9. The maximum Gasteiger partial charge on any atom is 0.252 e. The van der Waals surface area contributed by atoms with E-state index >= 15 is 0 Å². The molecule has 57 heavy (non-hydrogen) atoms. The van der Waals surface area contributed by atoms with Gasteiger partial charge in [0.2, 0.25) is 0 Å². The van der Waals surface area contributed by atoms with Crippen LogP contribution in [0, 0.1) is 0 Å². The zero-order valence-corrected chi connectivity index (χ0v) is 31.3. The van der Waals surface area contributed by atoms with Gasteiger partial charge in [0.15, 0.2) is 0 Å². The van der Waals surface area contributed by atoms with Crippen LogP contribution in [0.4, 0.5) is 34.1 Å². The SMILES string of the molecule is c1ccc(-c2ccc3c(c2)B2c4ccc(-c5ccccc5)cc4N(c4ccccc4-c4ccccc4)c4cccc(c42)N3c2ccccc2-c2ccccc2)cc1. The van der Waals surface area contributed by atoms with E-state index in [0.717, 1.165) is 11.4 Å². The fourth-order valence-corrected chi connectivity index (χ4v) is 9.14. The van der Waals surface area contributed by atoms with E-state index in [4.69, 9.17) is 0 Å². The molecule has 2 aliphatic heterocycles. The summed E-state index contributed by atoms with van der Waals surface area (Å²) in [6.07, 6.45) is 0. The van der Waals surface area contributed by atoms with Crippen LogP contribution in [0.15, 0.2) is 224 Å². The van der Waals surface area contributed by atoms with Crippen LogP contribution in [0.5, 0.6) is 0 Å². The summed E-state index contributed by atoms with van der Waals surface area (Å²) in [5.74, 6) is 0. The Morgan fingerprint density at radius 1 is 0.246 bits per heavy atom. The first kappa shape index (κ1) is 33.0. The molecule has 0 aliphatic carbocycles. The van der Waals surface area contributed by atoms with E-state index in [0.29, 0.717) is 0 Å². The van der Waals surface area contributed by atoms with Crippen LogP contribution in [0.3, 0.4) is 0 Å². The van der Waals surface area contributed by atoms with Crippen molar-refractivity contribution in [1.29, 1.82) is 0 Å². The summed E-state index contributed by atoms with van der Waals surface area (Å²) in [6.45, 7) is -0.00467. The van der Waals surface area contributed by atoms with Gasteiger partial charge in [0.05, 0.1) is 11.4 Å².